The Morgan fingerprint density at radius 3 is 2.84 bits per heavy atom. The molecule has 1 aliphatic heterocycles. The van der Waals surface area contributed by atoms with Gasteiger partial charge in [0.2, 0.25) is 11.1 Å². The molecular formula is C17H19N5O2S. The van der Waals surface area contributed by atoms with Gasteiger partial charge in [0.15, 0.2) is 5.78 Å². The maximum absolute atomic E-state index is 12.8. The molecule has 0 spiro atoms. The third-order valence-corrected chi connectivity index (χ3v) is 5.69. The number of ketones is 1. The van der Waals surface area contributed by atoms with Crippen molar-refractivity contribution in [1.29, 1.82) is 0 Å². The number of aromatic nitrogens is 4. The molecule has 0 N–H and O–H groups in total. The lowest BCUT2D eigenvalue weighted by atomic mass is 10.0. The number of benzene rings is 1. The van der Waals surface area contributed by atoms with Crippen LogP contribution >= 0.6 is 11.8 Å². The largest absolute Gasteiger partial charge is 0.312 e. The molecule has 2 heterocycles. The second-order valence-electron chi connectivity index (χ2n) is 6.53. The van der Waals surface area contributed by atoms with Gasteiger partial charge in [-0.3, -0.25) is 9.59 Å². The van der Waals surface area contributed by atoms with Crippen molar-refractivity contribution in [3.8, 4) is 0 Å². The first kappa shape index (κ1) is 16.3. The van der Waals surface area contributed by atoms with Gasteiger partial charge in [0.25, 0.3) is 0 Å². The van der Waals surface area contributed by atoms with Crippen LogP contribution in [0.15, 0.2) is 23.4 Å². The van der Waals surface area contributed by atoms with Gasteiger partial charge in [-0.1, -0.05) is 11.8 Å². The van der Waals surface area contributed by atoms with Crippen molar-refractivity contribution in [2.45, 2.75) is 49.6 Å². The molecule has 1 aliphatic carbocycles. The molecule has 1 fully saturated rings. The highest BCUT2D eigenvalue weighted by atomic mass is 32.2. The van der Waals surface area contributed by atoms with Crippen LogP contribution < -0.4 is 4.90 Å². The van der Waals surface area contributed by atoms with E-state index in [-0.39, 0.29) is 16.9 Å². The van der Waals surface area contributed by atoms with Crippen molar-refractivity contribution in [1.82, 2.24) is 20.2 Å². The minimum Gasteiger partial charge on any atom is -0.312 e. The summed E-state index contributed by atoms with van der Waals surface area (Å²) < 4.78 is 1.82. The highest BCUT2D eigenvalue weighted by molar-refractivity contribution is 8.00. The number of anilines is 1. The second-order valence-corrected chi connectivity index (χ2v) is 7.83. The highest BCUT2D eigenvalue weighted by Gasteiger charge is 2.30. The fraction of sp³-hybridized carbons (Fsp3) is 0.471. The first-order valence-corrected chi connectivity index (χ1v) is 9.32. The molecule has 0 unspecified atom stereocenters. The quantitative estimate of drug-likeness (QED) is 0.603. The lowest BCUT2D eigenvalue weighted by Gasteiger charge is -2.15. The predicted octanol–water partition coefficient (Wildman–Crippen LogP) is 2.28. The van der Waals surface area contributed by atoms with E-state index in [1.807, 2.05) is 29.8 Å². The van der Waals surface area contributed by atoms with Gasteiger partial charge in [-0.15, -0.1) is 5.10 Å². The average molecular weight is 357 g/mol. The smallest absolute Gasteiger partial charge is 0.223 e. The normalized spacial score (nSPS) is 17.4. The van der Waals surface area contributed by atoms with Crippen molar-refractivity contribution in [3.63, 3.8) is 0 Å². The summed E-state index contributed by atoms with van der Waals surface area (Å²) in [6, 6.07) is 5.99. The zero-order valence-electron chi connectivity index (χ0n) is 14.2. The lowest BCUT2D eigenvalue weighted by molar-refractivity contribution is -0.116. The van der Waals surface area contributed by atoms with E-state index in [0.717, 1.165) is 30.5 Å². The van der Waals surface area contributed by atoms with Crippen molar-refractivity contribution < 1.29 is 9.59 Å². The van der Waals surface area contributed by atoms with E-state index < -0.39 is 0 Å². The third-order valence-electron chi connectivity index (χ3n) is 4.65. The maximum Gasteiger partial charge on any atom is 0.223 e. The molecule has 130 valence electrons. The van der Waals surface area contributed by atoms with E-state index >= 15 is 0 Å². The molecule has 0 radical (unpaired) electrons. The standard InChI is InChI=1S/C17H19N5O2S/c1-10(25-17-18-19-20-22(17)14-4-5-14)16(24)13-3-6-15-12(9-13)7-8-21(15)11(2)23/h3,6,9-10,14H,4-5,7-8H2,1-2H3/t10-/m1/s1. The summed E-state index contributed by atoms with van der Waals surface area (Å²) in [5, 5.41) is 12.2. The summed E-state index contributed by atoms with van der Waals surface area (Å²) in [5.41, 5.74) is 2.65. The molecule has 2 aliphatic rings. The number of carbonyl (C=O) groups is 2. The SMILES string of the molecule is CC(=O)N1CCc2cc(C(=O)[C@@H](C)Sc3nnnn3C3CC3)ccc21. The summed E-state index contributed by atoms with van der Waals surface area (Å²) in [5.74, 6) is 0.0908. The van der Waals surface area contributed by atoms with Crippen LogP contribution in [-0.2, 0) is 11.2 Å². The average Bonchev–Trinajstić information content (AvgIpc) is 3.18. The van der Waals surface area contributed by atoms with Crippen LogP contribution in [0.2, 0.25) is 0 Å². The number of thioether (sulfide) groups is 1. The number of Topliss-reactive ketones (excluding diaryl/α,β-unsaturated/α-hetero) is 1. The fourth-order valence-electron chi connectivity index (χ4n) is 3.14. The zero-order valence-corrected chi connectivity index (χ0v) is 15.0. The van der Waals surface area contributed by atoms with E-state index in [2.05, 4.69) is 15.5 Å². The van der Waals surface area contributed by atoms with E-state index in [9.17, 15) is 9.59 Å². The Hall–Kier alpha value is -2.22. The van der Waals surface area contributed by atoms with Gasteiger partial charge in [-0.2, -0.15) is 0 Å². The number of amides is 1. The molecule has 1 amide bonds. The summed E-state index contributed by atoms with van der Waals surface area (Å²) >= 11 is 1.40. The topological polar surface area (TPSA) is 81.0 Å². The summed E-state index contributed by atoms with van der Waals surface area (Å²) in [4.78, 5) is 26.2. The molecule has 4 rings (SSSR count). The molecule has 1 atom stereocenters. The third kappa shape index (κ3) is 3.06. The zero-order chi connectivity index (χ0) is 17.6. The van der Waals surface area contributed by atoms with Gasteiger partial charge in [-0.05, 0) is 60.4 Å². The van der Waals surface area contributed by atoms with Crippen molar-refractivity contribution in [3.05, 3.63) is 29.3 Å². The number of tetrazole rings is 1. The Kier molecular flexibility index (Phi) is 4.07. The Bertz CT molecular complexity index is 845. The molecule has 8 heteroatoms. The lowest BCUT2D eigenvalue weighted by Crippen LogP contribution is -2.25. The van der Waals surface area contributed by atoms with E-state index in [1.54, 1.807) is 11.8 Å². The van der Waals surface area contributed by atoms with Crippen LogP contribution in [0.5, 0.6) is 0 Å². The first-order valence-electron chi connectivity index (χ1n) is 8.44. The minimum atomic E-state index is -0.271. The number of hydrogen-bond acceptors (Lipinski definition) is 6. The van der Waals surface area contributed by atoms with Crippen molar-refractivity contribution in [2.75, 3.05) is 11.4 Å². The summed E-state index contributed by atoms with van der Waals surface area (Å²) in [6.45, 7) is 4.13. The van der Waals surface area contributed by atoms with Gasteiger partial charge in [0.05, 0.1) is 11.3 Å². The molecule has 0 saturated heterocycles. The Morgan fingerprint density at radius 2 is 2.12 bits per heavy atom. The highest BCUT2D eigenvalue weighted by Crippen LogP contribution is 2.37. The fourth-order valence-corrected chi connectivity index (χ4v) is 4.08. The number of fused-ring (bicyclic) bond motifs is 1. The predicted molar refractivity (Wildman–Crippen MR) is 93.9 cm³/mol. The van der Waals surface area contributed by atoms with Crippen LogP contribution in [-0.4, -0.2) is 43.7 Å². The number of rotatable bonds is 5. The molecular weight excluding hydrogens is 338 g/mol. The van der Waals surface area contributed by atoms with E-state index in [1.165, 1.54) is 11.8 Å². The molecule has 2 aromatic rings. The maximum atomic E-state index is 12.8. The van der Waals surface area contributed by atoms with Gasteiger partial charge >= 0.3 is 0 Å². The molecule has 1 saturated carbocycles. The molecule has 1 aromatic heterocycles. The van der Waals surface area contributed by atoms with Gasteiger partial charge < -0.3 is 4.90 Å². The number of hydrogen-bond donors (Lipinski definition) is 0. The summed E-state index contributed by atoms with van der Waals surface area (Å²) in [6.07, 6.45) is 2.98. The Labute approximate surface area is 149 Å². The number of carbonyl (C=O) groups excluding carboxylic acids is 2. The Morgan fingerprint density at radius 1 is 1.32 bits per heavy atom. The van der Waals surface area contributed by atoms with Gasteiger partial charge in [0, 0.05) is 24.7 Å². The van der Waals surface area contributed by atoms with Crippen LogP contribution in [0.1, 0.15) is 48.7 Å². The van der Waals surface area contributed by atoms with Crippen LogP contribution in [0, 0.1) is 0 Å². The molecule has 25 heavy (non-hydrogen) atoms. The van der Waals surface area contributed by atoms with Crippen LogP contribution in [0.3, 0.4) is 0 Å². The van der Waals surface area contributed by atoms with Crippen LogP contribution in [0.4, 0.5) is 5.69 Å². The van der Waals surface area contributed by atoms with Gasteiger partial charge in [0.1, 0.15) is 0 Å². The molecule has 7 nitrogen and oxygen atoms in total. The number of nitrogens with zero attached hydrogens (tertiary/aromatic N) is 5. The summed E-state index contributed by atoms with van der Waals surface area (Å²) in [7, 11) is 0. The minimum absolute atomic E-state index is 0.0358. The van der Waals surface area contributed by atoms with Crippen LogP contribution in [0.25, 0.3) is 0 Å². The second kappa shape index (κ2) is 6.25. The van der Waals surface area contributed by atoms with Gasteiger partial charge in [-0.25, -0.2) is 4.68 Å². The van der Waals surface area contributed by atoms with E-state index in [4.69, 9.17) is 0 Å². The molecule has 1 aromatic carbocycles. The van der Waals surface area contributed by atoms with E-state index in [0.29, 0.717) is 23.3 Å². The molecule has 0 bridgehead atoms. The Balaban J connectivity index is 1.51. The monoisotopic (exact) mass is 357 g/mol. The first-order chi connectivity index (χ1) is 12.0. The van der Waals surface area contributed by atoms with Crippen molar-refractivity contribution in [2.24, 2.45) is 0 Å². The van der Waals surface area contributed by atoms with Crippen molar-refractivity contribution >= 4 is 29.1 Å².